The fraction of sp³-hybridized carbons (Fsp3) is 0.150. The lowest BCUT2D eigenvalue weighted by molar-refractivity contribution is 0.0794. The minimum absolute atomic E-state index is 0.148. The van der Waals surface area contributed by atoms with Crippen molar-refractivity contribution >= 4 is 5.78 Å². The van der Waals surface area contributed by atoms with Gasteiger partial charge in [-0.15, -0.1) is 0 Å². The van der Waals surface area contributed by atoms with Crippen molar-refractivity contribution in [1.82, 2.24) is 4.57 Å². The van der Waals surface area contributed by atoms with Crippen molar-refractivity contribution in [3.63, 3.8) is 0 Å². The number of ether oxygens (including phenoxy) is 2. The Morgan fingerprint density at radius 2 is 1.92 bits per heavy atom. The highest BCUT2D eigenvalue weighted by molar-refractivity contribution is 6.01. The highest BCUT2D eigenvalue weighted by atomic mass is 16.5. The third kappa shape index (κ3) is 2.68. The van der Waals surface area contributed by atoms with Crippen LogP contribution in [0.1, 0.15) is 22.0 Å². The first-order valence-corrected chi connectivity index (χ1v) is 8.05. The lowest BCUT2D eigenvalue weighted by Gasteiger charge is -2.14. The van der Waals surface area contributed by atoms with Crippen molar-refractivity contribution in [2.24, 2.45) is 5.73 Å². The number of fused-ring (bicyclic) bond motifs is 1. The Labute approximate surface area is 145 Å². The van der Waals surface area contributed by atoms with E-state index in [1.807, 2.05) is 47.3 Å². The van der Waals surface area contributed by atoms with Crippen LogP contribution in [0.5, 0.6) is 11.5 Å². The van der Waals surface area contributed by atoms with Crippen LogP contribution >= 0.6 is 0 Å². The fourth-order valence-electron chi connectivity index (χ4n) is 3.10. The molecule has 5 nitrogen and oxygen atoms in total. The smallest absolute Gasteiger partial charge is 0.205 e. The second-order valence-corrected chi connectivity index (χ2v) is 5.97. The van der Waals surface area contributed by atoms with Gasteiger partial charge in [0.05, 0.1) is 13.2 Å². The minimum Gasteiger partial charge on any atom is -0.497 e. The van der Waals surface area contributed by atoms with E-state index in [-0.39, 0.29) is 5.78 Å². The quantitative estimate of drug-likeness (QED) is 0.745. The van der Waals surface area contributed by atoms with Crippen LogP contribution in [-0.4, -0.2) is 23.6 Å². The standard InChI is InChI=1S/C20H18N2O3/c1-24-15-6-4-5-13(11-15)19(23)20-18(21)16-8-7-14(12-17(16)25-20)22-9-2-3-10-22/h2-12,18,20H,21H2,1H3. The average Bonchev–Trinajstić information content (AvgIpc) is 3.29. The molecule has 0 bridgehead atoms. The molecule has 1 aliphatic heterocycles. The van der Waals surface area contributed by atoms with Crippen LogP contribution in [0.2, 0.25) is 0 Å². The number of benzene rings is 2. The predicted molar refractivity (Wildman–Crippen MR) is 94.4 cm³/mol. The van der Waals surface area contributed by atoms with Gasteiger partial charge in [-0.1, -0.05) is 18.2 Å². The average molecular weight is 334 g/mol. The molecule has 1 aromatic heterocycles. The van der Waals surface area contributed by atoms with Crippen molar-refractivity contribution in [2.45, 2.75) is 12.1 Å². The Hall–Kier alpha value is -3.05. The summed E-state index contributed by atoms with van der Waals surface area (Å²) in [5.41, 5.74) is 8.62. The third-order valence-corrected chi connectivity index (χ3v) is 4.45. The van der Waals surface area contributed by atoms with Crippen LogP contribution < -0.4 is 15.2 Å². The first-order chi connectivity index (χ1) is 12.2. The number of ketones is 1. The molecule has 2 aromatic carbocycles. The zero-order valence-electron chi connectivity index (χ0n) is 13.8. The second kappa shape index (κ2) is 6.11. The Balaban J connectivity index is 1.63. The molecule has 0 fully saturated rings. The molecule has 0 spiro atoms. The van der Waals surface area contributed by atoms with Gasteiger partial charge in [-0.3, -0.25) is 4.79 Å². The van der Waals surface area contributed by atoms with Gasteiger partial charge in [0.1, 0.15) is 11.5 Å². The largest absolute Gasteiger partial charge is 0.497 e. The molecule has 126 valence electrons. The number of rotatable bonds is 4. The molecule has 5 heteroatoms. The number of nitrogens with two attached hydrogens (primary N) is 1. The van der Waals surface area contributed by atoms with Crippen LogP contribution in [0.3, 0.4) is 0 Å². The summed E-state index contributed by atoms with van der Waals surface area (Å²) in [6, 6.07) is 16.2. The topological polar surface area (TPSA) is 66.5 Å². The number of nitrogens with zero attached hydrogens (tertiary/aromatic N) is 1. The van der Waals surface area contributed by atoms with Crippen LogP contribution in [-0.2, 0) is 0 Å². The first kappa shape index (κ1) is 15.5. The number of carbonyl (C=O) groups excluding carboxylic acids is 1. The van der Waals surface area contributed by atoms with Gasteiger partial charge in [0, 0.05) is 35.3 Å². The molecular weight excluding hydrogens is 316 g/mol. The van der Waals surface area contributed by atoms with Gasteiger partial charge < -0.3 is 19.8 Å². The molecule has 25 heavy (non-hydrogen) atoms. The van der Waals surface area contributed by atoms with Crippen molar-refractivity contribution in [2.75, 3.05) is 7.11 Å². The van der Waals surface area contributed by atoms with Crippen LogP contribution in [0, 0.1) is 0 Å². The van der Waals surface area contributed by atoms with Gasteiger partial charge in [0.15, 0.2) is 6.10 Å². The zero-order valence-corrected chi connectivity index (χ0v) is 13.8. The number of carbonyl (C=O) groups is 1. The number of Topliss-reactive ketones (excluding diaryl/α,β-unsaturated/α-hetero) is 1. The van der Waals surface area contributed by atoms with E-state index >= 15 is 0 Å². The first-order valence-electron chi connectivity index (χ1n) is 8.05. The maximum atomic E-state index is 12.8. The third-order valence-electron chi connectivity index (χ3n) is 4.45. The summed E-state index contributed by atoms with van der Waals surface area (Å²) in [6.07, 6.45) is 3.17. The van der Waals surface area contributed by atoms with Gasteiger partial charge in [-0.25, -0.2) is 0 Å². The van der Waals surface area contributed by atoms with Gasteiger partial charge in [0.25, 0.3) is 0 Å². The minimum atomic E-state index is -0.734. The van der Waals surface area contributed by atoms with E-state index in [9.17, 15) is 4.79 Å². The molecule has 2 N–H and O–H groups in total. The molecule has 1 aliphatic rings. The number of hydrogen-bond acceptors (Lipinski definition) is 4. The monoisotopic (exact) mass is 334 g/mol. The molecular formula is C20H18N2O3. The van der Waals surface area contributed by atoms with Crippen LogP contribution in [0.25, 0.3) is 5.69 Å². The Kier molecular flexibility index (Phi) is 3.78. The maximum Gasteiger partial charge on any atom is 0.205 e. The van der Waals surface area contributed by atoms with Crippen LogP contribution in [0.4, 0.5) is 0 Å². The van der Waals surface area contributed by atoms with E-state index in [0.29, 0.717) is 17.1 Å². The highest BCUT2D eigenvalue weighted by Gasteiger charge is 2.37. The SMILES string of the molecule is COc1cccc(C(=O)C2Oc3cc(-n4cccc4)ccc3C2N)c1. The molecule has 0 saturated heterocycles. The van der Waals surface area contributed by atoms with E-state index in [2.05, 4.69) is 0 Å². The Morgan fingerprint density at radius 3 is 2.68 bits per heavy atom. The molecule has 3 aromatic rings. The number of methoxy groups -OCH3 is 1. The Morgan fingerprint density at radius 1 is 1.12 bits per heavy atom. The number of hydrogen-bond donors (Lipinski definition) is 1. The number of aromatic nitrogens is 1. The van der Waals surface area contributed by atoms with E-state index in [0.717, 1.165) is 11.3 Å². The summed E-state index contributed by atoms with van der Waals surface area (Å²) in [5.74, 6) is 1.13. The fourth-order valence-corrected chi connectivity index (χ4v) is 3.10. The molecule has 2 unspecified atom stereocenters. The van der Waals surface area contributed by atoms with Crippen molar-refractivity contribution < 1.29 is 14.3 Å². The lowest BCUT2D eigenvalue weighted by Crippen LogP contribution is -2.33. The molecule has 2 heterocycles. The normalized spacial score (nSPS) is 18.5. The second-order valence-electron chi connectivity index (χ2n) is 5.97. The van der Waals surface area contributed by atoms with E-state index in [1.54, 1.807) is 31.4 Å². The van der Waals surface area contributed by atoms with E-state index in [1.165, 1.54) is 0 Å². The van der Waals surface area contributed by atoms with Gasteiger partial charge in [-0.05, 0) is 30.3 Å². The van der Waals surface area contributed by atoms with Crippen LogP contribution in [0.15, 0.2) is 67.0 Å². The molecule has 0 amide bonds. The van der Waals surface area contributed by atoms with Crippen molar-refractivity contribution in [1.29, 1.82) is 0 Å². The summed E-state index contributed by atoms with van der Waals surface area (Å²) in [5, 5.41) is 0. The molecule has 0 saturated carbocycles. The van der Waals surface area contributed by atoms with E-state index < -0.39 is 12.1 Å². The molecule has 4 rings (SSSR count). The molecule has 0 radical (unpaired) electrons. The predicted octanol–water partition coefficient (Wildman–Crippen LogP) is 3.13. The summed E-state index contributed by atoms with van der Waals surface area (Å²) >= 11 is 0. The zero-order chi connectivity index (χ0) is 17.4. The maximum absolute atomic E-state index is 12.8. The Bertz CT molecular complexity index is 918. The summed E-state index contributed by atoms with van der Waals surface area (Å²) in [4.78, 5) is 12.8. The molecule has 0 aliphatic carbocycles. The van der Waals surface area contributed by atoms with Gasteiger partial charge in [-0.2, -0.15) is 0 Å². The van der Waals surface area contributed by atoms with Crippen molar-refractivity contribution in [3.8, 4) is 17.2 Å². The molecule has 2 atom stereocenters. The van der Waals surface area contributed by atoms with Gasteiger partial charge >= 0.3 is 0 Å². The van der Waals surface area contributed by atoms with Crippen molar-refractivity contribution in [3.05, 3.63) is 78.1 Å². The summed E-state index contributed by atoms with van der Waals surface area (Å²) in [6.45, 7) is 0. The summed E-state index contributed by atoms with van der Waals surface area (Å²) < 4.78 is 13.1. The van der Waals surface area contributed by atoms with Gasteiger partial charge in [0.2, 0.25) is 5.78 Å². The lowest BCUT2D eigenvalue weighted by atomic mass is 9.97. The highest BCUT2D eigenvalue weighted by Crippen LogP contribution is 2.38. The summed E-state index contributed by atoms with van der Waals surface area (Å²) in [7, 11) is 1.57. The van der Waals surface area contributed by atoms with E-state index in [4.69, 9.17) is 15.2 Å².